The van der Waals surface area contributed by atoms with E-state index < -0.39 is 0 Å². The van der Waals surface area contributed by atoms with Crippen molar-refractivity contribution in [2.75, 3.05) is 13.2 Å². The van der Waals surface area contributed by atoms with Gasteiger partial charge in [-0.3, -0.25) is 0 Å². The van der Waals surface area contributed by atoms with Crippen molar-refractivity contribution in [2.45, 2.75) is 85.7 Å². The van der Waals surface area contributed by atoms with Gasteiger partial charge < -0.3 is 14.8 Å². The van der Waals surface area contributed by atoms with Gasteiger partial charge in [0, 0.05) is 12.0 Å². The Morgan fingerprint density at radius 1 is 0.966 bits per heavy atom. The molecule has 29 heavy (non-hydrogen) atoms. The van der Waals surface area contributed by atoms with Crippen molar-refractivity contribution < 1.29 is 29.0 Å². The van der Waals surface area contributed by atoms with Crippen LogP contribution >= 0.6 is 0 Å². The van der Waals surface area contributed by atoms with Gasteiger partial charge >= 0.3 is 19.5 Å². The molecule has 2 heterocycles. The van der Waals surface area contributed by atoms with E-state index in [1.165, 1.54) is 32.1 Å². The molecule has 0 bridgehead atoms. The molecule has 3 aliphatic rings. The van der Waals surface area contributed by atoms with Crippen LogP contribution in [0, 0.1) is 23.7 Å². The van der Waals surface area contributed by atoms with Crippen molar-refractivity contribution in [3.8, 4) is 0 Å². The molecular weight excluding hydrogens is 414 g/mol. The van der Waals surface area contributed by atoms with Gasteiger partial charge in [0.05, 0.1) is 12.6 Å². The zero-order valence-electron chi connectivity index (χ0n) is 19.5. The maximum Gasteiger partial charge on any atom is 2.00 e. The van der Waals surface area contributed by atoms with Crippen LogP contribution in [-0.4, -0.2) is 31.2 Å². The fraction of sp³-hybridized carbons (Fsp3) is 0.750. The summed E-state index contributed by atoms with van der Waals surface area (Å²) < 4.78 is 11.2. The van der Waals surface area contributed by atoms with E-state index >= 15 is 0 Å². The molecule has 1 aliphatic carbocycles. The Hall–Kier alpha value is -0.957. The van der Waals surface area contributed by atoms with Crippen molar-refractivity contribution >= 4 is 5.90 Å². The Labute approximate surface area is 191 Å². The summed E-state index contributed by atoms with van der Waals surface area (Å²) in [5, 5.41) is 4.59. The van der Waals surface area contributed by atoms with Crippen LogP contribution in [0.4, 0.5) is 0 Å². The Morgan fingerprint density at radius 3 is 2.10 bits per heavy atom. The fourth-order valence-electron chi connectivity index (χ4n) is 3.45. The van der Waals surface area contributed by atoms with Gasteiger partial charge in [-0.1, -0.05) is 85.6 Å². The van der Waals surface area contributed by atoms with Crippen molar-refractivity contribution in [1.82, 2.24) is 0 Å². The topological polar surface area (TPSA) is 44.9 Å². The molecule has 1 saturated heterocycles. The number of hydrogen-bond acceptors (Lipinski definition) is 3. The Balaban J connectivity index is 0.000000355. The van der Waals surface area contributed by atoms with Crippen LogP contribution in [0.1, 0.15) is 73.6 Å². The minimum Gasteiger partial charge on any atom is -0.648 e. The Kier molecular flexibility index (Phi) is 10.3. The second kappa shape index (κ2) is 11.4. The van der Waals surface area contributed by atoms with Gasteiger partial charge in [-0.25, -0.2) is 24.1 Å². The van der Waals surface area contributed by atoms with Gasteiger partial charge in [0.15, 0.2) is 0 Å². The molecule has 2 aliphatic heterocycles. The number of allylic oxidation sites excluding steroid dienone is 2. The zero-order valence-corrected chi connectivity index (χ0v) is 22.5. The number of hydrogen-bond donors (Lipinski definition) is 0. The Morgan fingerprint density at radius 2 is 1.62 bits per heavy atom. The van der Waals surface area contributed by atoms with E-state index in [1.807, 2.05) is 12.2 Å². The first-order valence-corrected chi connectivity index (χ1v) is 10.8. The van der Waals surface area contributed by atoms with Crippen LogP contribution < -0.4 is 0 Å². The summed E-state index contributed by atoms with van der Waals surface area (Å²) in [6.07, 6.45) is 13.1. The average Bonchev–Trinajstić information content (AvgIpc) is 3.26. The van der Waals surface area contributed by atoms with Crippen LogP contribution in [0.25, 0.3) is 5.32 Å². The van der Waals surface area contributed by atoms with E-state index in [-0.39, 0.29) is 42.4 Å². The van der Waals surface area contributed by atoms with Gasteiger partial charge in [0.2, 0.25) is 5.90 Å². The van der Waals surface area contributed by atoms with Gasteiger partial charge in [-0.15, -0.1) is 0 Å². The first-order chi connectivity index (χ1) is 13.1. The van der Waals surface area contributed by atoms with E-state index in [0.717, 1.165) is 5.92 Å². The molecule has 4 nitrogen and oxygen atoms in total. The van der Waals surface area contributed by atoms with E-state index in [1.54, 1.807) is 0 Å². The van der Waals surface area contributed by atoms with Gasteiger partial charge in [0.1, 0.15) is 6.61 Å². The fourth-order valence-corrected chi connectivity index (χ4v) is 3.45. The second-order valence-corrected chi connectivity index (χ2v) is 10.3. The van der Waals surface area contributed by atoms with Crippen molar-refractivity contribution in [2.24, 2.45) is 21.7 Å². The molecule has 0 aromatic carbocycles. The largest absolute Gasteiger partial charge is 2.00 e. The first kappa shape index (κ1) is 26.1. The maximum atomic E-state index is 5.61. The quantitative estimate of drug-likeness (QED) is 0.356. The monoisotopic (exact) mass is 452 g/mol. The number of ether oxygens (including phenoxy) is 2. The van der Waals surface area contributed by atoms with E-state index in [0.29, 0.717) is 25.0 Å². The molecule has 0 radical (unpaired) electrons. The van der Waals surface area contributed by atoms with Crippen LogP contribution in [0.2, 0.25) is 0 Å². The number of nitrogens with zero attached hydrogens (tertiary/aromatic N) is 2. The number of aliphatic imine (C=N–C) groups is 1. The minimum absolute atomic E-state index is 0. The summed E-state index contributed by atoms with van der Waals surface area (Å²) in [6, 6.07) is 0.415. The molecule has 2 fully saturated rings. The smallest absolute Gasteiger partial charge is 0.648 e. The predicted molar refractivity (Wildman–Crippen MR) is 118 cm³/mol. The van der Waals surface area contributed by atoms with Crippen LogP contribution in [0.5, 0.6) is 0 Å². The van der Waals surface area contributed by atoms with Crippen molar-refractivity contribution in [3.05, 3.63) is 36.4 Å². The molecule has 0 aromatic heterocycles. The third-order valence-corrected chi connectivity index (χ3v) is 5.65. The van der Waals surface area contributed by atoms with Gasteiger partial charge in [-0.05, 0) is 10.8 Å². The molecule has 160 valence electrons. The summed E-state index contributed by atoms with van der Waals surface area (Å²) in [6.45, 7) is 18.0. The molecule has 0 unspecified atom stereocenters. The number of rotatable bonds is 2. The summed E-state index contributed by atoms with van der Waals surface area (Å²) >= 11 is 0. The average molecular weight is 454 g/mol. The molecular formula is C24H40N2O2Zn. The molecule has 0 N–H and O–H groups in total. The molecule has 5 heteroatoms. The van der Waals surface area contributed by atoms with Gasteiger partial charge in [0.25, 0.3) is 0 Å². The predicted octanol–water partition coefficient (Wildman–Crippen LogP) is 6.44. The van der Waals surface area contributed by atoms with E-state index in [2.05, 4.69) is 64.9 Å². The second-order valence-electron chi connectivity index (χ2n) is 10.3. The van der Waals surface area contributed by atoms with E-state index in [9.17, 15) is 0 Å². The third kappa shape index (κ3) is 8.74. The molecule has 3 rings (SSSR count). The van der Waals surface area contributed by atoms with E-state index in [4.69, 9.17) is 9.47 Å². The first-order valence-electron chi connectivity index (χ1n) is 10.8. The molecule has 0 amide bonds. The SMILES string of the molecule is CC(C)(C)[C@H]1COC(/C=C2/[N-][C@@H](C(C)(C)C)CO2)=N1.[CH2-]/C=C/C1CCCCC1.[Zn+2]. The van der Waals surface area contributed by atoms with Crippen LogP contribution in [0.3, 0.4) is 0 Å². The molecule has 2 atom stereocenters. The minimum atomic E-state index is 0. The maximum absolute atomic E-state index is 5.61. The van der Waals surface area contributed by atoms with Crippen molar-refractivity contribution in [1.29, 1.82) is 0 Å². The van der Waals surface area contributed by atoms with Crippen LogP contribution in [-0.2, 0) is 29.0 Å². The summed E-state index contributed by atoms with van der Waals surface area (Å²) in [7, 11) is 0. The summed E-state index contributed by atoms with van der Waals surface area (Å²) in [4.78, 5) is 4.59. The zero-order chi connectivity index (χ0) is 20.8. The standard InChI is InChI=1S/C15H25N2O2.C9H15.Zn/c1-14(2,3)10-8-18-12(16-10)7-13-17-11(9-19-13)15(4,5)6;1-2-6-9-7-4-3-5-8-9;/h7,10-11H,8-9H2,1-6H3;2,6,9H,1,3-5,7-8H2;/q2*-1;+2/b12-7-;6-2+;/t10-,11-;;/m1../s1. The Bertz CT molecular complexity index is 579. The summed E-state index contributed by atoms with van der Waals surface area (Å²) in [5.41, 5.74) is 0.254. The molecule has 0 spiro atoms. The molecule has 1 saturated carbocycles. The van der Waals surface area contributed by atoms with Crippen molar-refractivity contribution in [3.63, 3.8) is 0 Å². The van der Waals surface area contributed by atoms with Gasteiger partial charge in [-0.2, -0.15) is 0 Å². The van der Waals surface area contributed by atoms with Crippen LogP contribution in [0.15, 0.2) is 29.1 Å². The normalized spacial score (nSPS) is 26.7. The third-order valence-electron chi connectivity index (χ3n) is 5.65. The summed E-state index contributed by atoms with van der Waals surface area (Å²) in [5.74, 6) is 2.15. The molecule has 0 aromatic rings.